The van der Waals surface area contributed by atoms with Crippen LogP contribution in [0.5, 0.6) is 0 Å². The summed E-state index contributed by atoms with van der Waals surface area (Å²) in [7, 11) is -3.67. The molecule has 0 spiro atoms. The molecule has 1 amide bonds. The summed E-state index contributed by atoms with van der Waals surface area (Å²) < 4.78 is 27.4. The molecule has 2 atom stereocenters. The first kappa shape index (κ1) is 17.2. The lowest BCUT2D eigenvalue weighted by Crippen LogP contribution is -2.42. The molecule has 2 heterocycles. The van der Waals surface area contributed by atoms with Gasteiger partial charge in [-0.2, -0.15) is 5.26 Å². The van der Waals surface area contributed by atoms with Crippen molar-refractivity contribution in [1.82, 2.24) is 14.9 Å². The number of nitriles is 1. The summed E-state index contributed by atoms with van der Waals surface area (Å²) >= 11 is 1.72. The quantitative estimate of drug-likeness (QED) is 0.784. The van der Waals surface area contributed by atoms with Crippen molar-refractivity contribution >= 4 is 27.7 Å². The number of benzene rings is 1. The third-order valence-corrected chi connectivity index (χ3v) is 6.61. The molecule has 2 fully saturated rings. The SMILES string of the molecule is N#Cc1ccc(S(=O)(=O)N[C@@H]2CN[C@H](C(=O)N3CCSC3)C2)cc1. The van der Waals surface area contributed by atoms with Gasteiger partial charge in [0.1, 0.15) is 0 Å². The number of carbonyl (C=O) groups excluding carboxylic acids is 1. The highest BCUT2D eigenvalue weighted by Gasteiger charge is 2.35. The predicted molar refractivity (Wildman–Crippen MR) is 90.7 cm³/mol. The monoisotopic (exact) mass is 366 g/mol. The zero-order valence-electron chi connectivity index (χ0n) is 12.9. The number of sulfonamides is 1. The van der Waals surface area contributed by atoms with Crippen LogP contribution in [0.3, 0.4) is 0 Å². The lowest BCUT2D eigenvalue weighted by Gasteiger charge is -2.19. The van der Waals surface area contributed by atoms with Crippen LogP contribution in [-0.2, 0) is 14.8 Å². The molecule has 9 heteroatoms. The highest BCUT2D eigenvalue weighted by atomic mass is 32.2. The zero-order valence-corrected chi connectivity index (χ0v) is 14.6. The minimum absolute atomic E-state index is 0.0417. The van der Waals surface area contributed by atoms with Crippen LogP contribution in [0.1, 0.15) is 12.0 Å². The van der Waals surface area contributed by atoms with Crippen molar-refractivity contribution in [3.8, 4) is 6.07 Å². The maximum atomic E-state index is 12.4. The molecule has 0 aliphatic carbocycles. The van der Waals surface area contributed by atoms with Crippen LogP contribution >= 0.6 is 11.8 Å². The maximum absolute atomic E-state index is 12.4. The van der Waals surface area contributed by atoms with Crippen molar-refractivity contribution in [3.63, 3.8) is 0 Å². The fourth-order valence-electron chi connectivity index (χ4n) is 2.82. The molecule has 2 aliphatic rings. The number of amides is 1. The van der Waals surface area contributed by atoms with Crippen LogP contribution in [0.15, 0.2) is 29.2 Å². The molecule has 0 saturated carbocycles. The normalized spacial score (nSPS) is 24.0. The number of nitrogens with one attached hydrogen (secondary N) is 2. The van der Waals surface area contributed by atoms with Gasteiger partial charge in [-0.3, -0.25) is 4.79 Å². The maximum Gasteiger partial charge on any atom is 0.240 e. The Morgan fingerprint density at radius 1 is 1.38 bits per heavy atom. The molecular formula is C15H18N4O3S2. The minimum Gasteiger partial charge on any atom is -0.331 e. The molecule has 3 rings (SSSR count). The average molecular weight is 366 g/mol. The summed E-state index contributed by atoms with van der Waals surface area (Å²) in [5, 5.41) is 11.9. The van der Waals surface area contributed by atoms with E-state index in [1.54, 1.807) is 16.7 Å². The Balaban J connectivity index is 1.61. The van der Waals surface area contributed by atoms with Crippen LogP contribution < -0.4 is 10.0 Å². The number of nitrogens with zero attached hydrogens (tertiary/aromatic N) is 2. The van der Waals surface area contributed by atoms with E-state index in [9.17, 15) is 13.2 Å². The summed E-state index contributed by atoms with van der Waals surface area (Å²) in [6.07, 6.45) is 0.440. The van der Waals surface area contributed by atoms with Crippen molar-refractivity contribution in [2.45, 2.75) is 23.4 Å². The van der Waals surface area contributed by atoms with Crippen LogP contribution in [0.2, 0.25) is 0 Å². The molecule has 0 radical (unpaired) electrons. The van der Waals surface area contributed by atoms with Gasteiger partial charge < -0.3 is 10.2 Å². The van der Waals surface area contributed by atoms with Crippen molar-refractivity contribution in [3.05, 3.63) is 29.8 Å². The van der Waals surface area contributed by atoms with Crippen molar-refractivity contribution < 1.29 is 13.2 Å². The second-order valence-corrected chi connectivity index (χ2v) is 8.58. The number of carbonyl (C=O) groups is 1. The van der Waals surface area contributed by atoms with Gasteiger partial charge in [-0.15, -0.1) is 11.8 Å². The number of hydrogen-bond acceptors (Lipinski definition) is 6. The van der Waals surface area contributed by atoms with Gasteiger partial charge in [0.15, 0.2) is 0 Å². The molecule has 2 saturated heterocycles. The Bertz CT molecular complexity index is 752. The summed E-state index contributed by atoms with van der Waals surface area (Å²) in [6.45, 7) is 1.18. The molecule has 1 aromatic rings. The van der Waals surface area contributed by atoms with Crippen molar-refractivity contribution in [1.29, 1.82) is 5.26 Å². The molecular weight excluding hydrogens is 348 g/mol. The summed E-state index contributed by atoms with van der Waals surface area (Å²) in [5.74, 6) is 1.70. The first-order valence-electron chi connectivity index (χ1n) is 7.62. The standard InChI is InChI=1S/C15H18N4O3S2/c16-8-11-1-3-13(4-2-11)24(21,22)18-12-7-14(17-9-12)15(20)19-5-6-23-10-19/h1-4,12,14,17-18H,5-7,9-10H2/t12-,14-/m0/s1. The zero-order chi connectivity index (χ0) is 17.2. The Hall–Kier alpha value is -1.60. The second-order valence-electron chi connectivity index (χ2n) is 5.79. The van der Waals surface area contributed by atoms with E-state index in [0.717, 1.165) is 12.3 Å². The number of rotatable bonds is 4. The summed E-state index contributed by atoms with van der Waals surface area (Å²) in [4.78, 5) is 14.3. The van der Waals surface area contributed by atoms with Crippen molar-refractivity contribution in [2.75, 3.05) is 24.7 Å². The largest absolute Gasteiger partial charge is 0.331 e. The molecule has 128 valence electrons. The van der Waals surface area contributed by atoms with Crippen LogP contribution in [0.4, 0.5) is 0 Å². The third-order valence-electron chi connectivity index (χ3n) is 4.11. The summed E-state index contributed by atoms with van der Waals surface area (Å²) in [5.41, 5.74) is 0.408. The van der Waals surface area contributed by atoms with Gasteiger partial charge in [0.05, 0.1) is 28.4 Å². The molecule has 2 N–H and O–H groups in total. The van der Waals surface area contributed by atoms with Crippen LogP contribution in [0, 0.1) is 11.3 Å². The van der Waals surface area contributed by atoms with E-state index in [2.05, 4.69) is 10.0 Å². The molecule has 2 aliphatic heterocycles. The van der Waals surface area contributed by atoms with E-state index in [1.807, 2.05) is 6.07 Å². The molecule has 0 unspecified atom stereocenters. The molecule has 0 aromatic heterocycles. The first-order chi connectivity index (χ1) is 11.5. The van der Waals surface area contributed by atoms with Gasteiger partial charge in [-0.1, -0.05) is 0 Å². The van der Waals surface area contributed by atoms with Crippen LogP contribution in [0.25, 0.3) is 0 Å². The summed E-state index contributed by atoms with van der Waals surface area (Å²) in [6, 6.07) is 7.06. The Labute approximate surface area is 145 Å². The number of hydrogen-bond donors (Lipinski definition) is 2. The van der Waals surface area contributed by atoms with Gasteiger partial charge >= 0.3 is 0 Å². The van der Waals surface area contributed by atoms with Gasteiger partial charge in [-0.25, -0.2) is 13.1 Å². The Kier molecular flexibility index (Phi) is 5.10. The van der Waals surface area contributed by atoms with E-state index < -0.39 is 10.0 Å². The van der Waals surface area contributed by atoms with E-state index in [1.165, 1.54) is 24.3 Å². The van der Waals surface area contributed by atoms with Gasteiger partial charge in [-0.05, 0) is 30.7 Å². The lowest BCUT2D eigenvalue weighted by atomic mass is 10.1. The highest BCUT2D eigenvalue weighted by molar-refractivity contribution is 7.99. The first-order valence-corrected chi connectivity index (χ1v) is 10.3. The molecule has 1 aromatic carbocycles. The predicted octanol–water partition coefficient (Wildman–Crippen LogP) is 0.1000. The van der Waals surface area contributed by atoms with E-state index >= 15 is 0 Å². The Morgan fingerprint density at radius 2 is 2.12 bits per heavy atom. The lowest BCUT2D eigenvalue weighted by molar-refractivity contribution is -0.131. The third kappa shape index (κ3) is 3.72. The molecule has 7 nitrogen and oxygen atoms in total. The minimum atomic E-state index is -3.67. The fourth-order valence-corrected chi connectivity index (χ4v) is 5.02. The van der Waals surface area contributed by atoms with Crippen LogP contribution in [-0.4, -0.2) is 56.0 Å². The second kappa shape index (κ2) is 7.11. The fraction of sp³-hybridized carbons (Fsp3) is 0.467. The van der Waals surface area contributed by atoms with Gasteiger partial charge in [0, 0.05) is 24.9 Å². The van der Waals surface area contributed by atoms with Gasteiger partial charge in [0.2, 0.25) is 15.9 Å². The van der Waals surface area contributed by atoms with E-state index in [-0.39, 0.29) is 22.9 Å². The Morgan fingerprint density at radius 3 is 2.75 bits per heavy atom. The smallest absolute Gasteiger partial charge is 0.240 e. The van der Waals surface area contributed by atoms with E-state index in [0.29, 0.717) is 24.4 Å². The molecule has 24 heavy (non-hydrogen) atoms. The highest BCUT2D eigenvalue weighted by Crippen LogP contribution is 2.19. The average Bonchev–Trinajstić information content (AvgIpc) is 3.25. The van der Waals surface area contributed by atoms with Crippen molar-refractivity contribution in [2.24, 2.45) is 0 Å². The number of thioether (sulfide) groups is 1. The van der Waals surface area contributed by atoms with Gasteiger partial charge in [0.25, 0.3) is 0 Å². The molecule has 0 bridgehead atoms. The topological polar surface area (TPSA) is 102 Å². The van der Waals surface area contributed by atoms with E-state index in [4.69, 9.17) is 5.26 Å².